The van der Waals surface area contributed by atoms with Crippen molar-refractivity contribution in [3.05, 3.63) is 230 Å². The lowest BCUT2D eigenvalue weighted by Crippen LogP contribution is -2.66. The van der Waals surface area contributed by atoms with E-state index >= 15 is 0 Å². The first-order valence-electron chi connectivity index (χ1n) is 18.2. The highest BCUT2D eigenvalue weighted by molar-refractivity contribution is 7.15. The molecule has 0 atom stereocenters. The van der Waals surface area contributed by atoms with Crippen molar-refractivity contribution >= 4 is 68.6 Å². The number of fused-ring (bicyclic) bond motifs is 3. The van der Waals surface area contributed by atoms with Crippen LogP contribution >= 0.6 is 0 Å². The third-order valence-corrected chi connectivity index (χ3v) is 14.7. The first kappa shape index (κ1) is 32.2. The average Bonchev–Trinajstić information content (AvgIpc) is 3.56. The van der Waals surface area contributed by atoms with Crippen LogP contribution in [0.4, 0.5) is 17.1 Å². The first-order valence-corrected chi connectivity index (χ1v) is 20.3. The Labute approximate surface area is 312 Å². The zero-order valence-electron chi connectivity index (χ0n) is 29.3. The molecule has 0 unspecified atom stereocenters. The Morgan fingerprint density at radius 3 is 1.28 bits per heavy atom. The molecule has 0 aliphatic heterocycles. The summed E-state index contributed by atoms with van der Waals surface area (Å²) in [6, 6.07) is 79.0. The maximum Gasteiger partial charge on any atom is 0.172 e. The van der Waals surface area contributed by atoms with Crippen LogP contribution in [-0.2, 0) is 0 Å². The van der Waals surface area contributed by atoms with Crippen LogP contribution in [0, 0.1) is 0 Å². The maximum atomic E-state index is 2.53. The summed E-state index contributed by atoms with van der Waals surface area (Å²) in [6.45, 7) is 0. The first-order chi connectivity index (χ1) is 26.3. The van der Waals surface area contributed by atoms with E-state index in [-0.39, 0.29) is 0 Å². The van der Waals surface area contributed by atoms with Crippen LogP contribution in [0.5, 0.6) is 0 Å². The van der Waals surface area contributed by atoms with Gasteiger partial charge in [-0.05, 0) is 87.9 Å². The average molecular weight is 695 g/mol. The van der Waals surface area contributed by atoms with Gasteiger partial charge >= 0.3 is 0 Å². The number of para-hydroxylation sites is 3. The molecule has 0 spiro atoms. The quantitative estimate of drug-likeness (QED) is 0.108. The van der Waals surface area contributed by atoms with Crippen molar-refractivity contribution in [2.75, 3.05) is 4.90 Å². The fourth-order valence-electron chi connectivity index (χ4n) is 7.84. The Morgan fingerprint density at radius 2 is 0.792 bits per heavy atom. The van der Waals surface area contributed by atoms with Crippen LogP contribution in [-0.4, -0.2) is 12.6 Å². The molecule has 252 valence electrons. The highest BCUT2D eigenvalue weighted by Crippen LogP contribution is 2.39. The molecule has 1 heterocycles. The second-order valence-electron chi connectivity index (χ2n) is 13.4. The Bertz CT molecular complexity index is 2500. The molecule has 0 amide bonds. The molecule has 9 aromatic rings. The van der Waals surface area contributed by atoms with E-state index in [0.29, 0.717) is 0 Å². The van der Waals surface area contributed by atoms with E-state index in [1.54, 1.807) is 0 Å². The van der Waals surface area contributed by atoms with Gasteiger partial charge in [0.25, 0.3) is 0 Å². The van der Waals surface area contributed by atoms with Gasteiger partial charge in [0.15, 0.2) is 8.07 Å². The number of hydrogen-bond acceptors (Lipinski definition) is 1. The summed E-state index contributed by atoms with van der Waals surface area (Å²) < 4.78 is 2.40. The van der Waals surface area contributed by atoms with Gasteiger partial charge in [-0.3, -0.25) is 0 Å². The molecule has 3 heteroatoms. The highest BCUT2D eigenvalue weighted by Gasteiger charge is 2.36. The third kappa shape index (κ3) is 5.97. The Balaban J connectivity index is 1.26. The maximum absolute atomic E-state index is 2.57. The van der Waals surface area contributed by atoms with E-state index < -0.39 is 8.07 Å². The van der Waals surface area contributed by atoms with E-state index in [0.717, 1.165) is 22.7 Å². The molecule has 1 aromatic heterocycles. The standard InChI is InChI=1S/C50H38N2Si/c1-7-19-40(20-8-1)51(41-21-9-2-10-22-41)43-32-34-50-48(38-43)47-37-39(31-33-49(47)52(50)42-23-11-3-12-24-42)35-36-53(44-25-13-4-14-26-44,45-27-15-5-16-28-45)46-29-17-6-18-30-46/h1-38H/b36-35+. The van der Waals surface area contributed by atoms with Crippen molar-refractivity contribution < 1.29 is 0 Å². The van der Waals surface area contributed by atoms with Crippen LogP contribution in [0.3, 0.4) is 0 Å². The lowest BCUT2D eigenvalue weighted by Gasteiger charge is -2.30. The van der Waals surface area contributed by atoms with Crippen LogP contribution in [0.15, 0.2) is 224 Å². The molecule has 0 saturated carbocycles. The molecular formula is C50H38N2Si. The van der Waals surface area contributed by atoms with Crippen molar-refractivity contribution in [3.8, 4) is 5.69 Å². The fraction of sp³-hybridized carbons (Fsp3) is 0. The summed E-state index contributed by atoms with van der Waals surface area (Å²) in [5.74, 6) is 0. The van der Waals surface area contributed by atoms with Gasteiger partial charge in [0.1, 0.15) is 0 Å². The molecule has 53 heavy (non-hydrogen) atoms. The molecule has 0 N–H and O–H groups in total. The number of benzene rings is 8. The highest BCUT2D eigenvalue weighted by atomic mass is 28.3. The second-order valence-corrected chi connectivity index (χ2v) is 17.1. The van der Waals surface area contributed by atoms with Gasteiger partial charge in [0.05, 0.1) is 11.0 Å². The zero-order valence-corrected chi connectivity index (χ0v) is 30.3. The summed E-state index contributed by atoms with van der Waals surface area (Å²) in [7, 11) is -2.57. The number of anilines is 3. The van der Waals surface area contributed by atoms with Gasteiger partial charge < -0.3 is 9.47 Å². The van der Waals surface area contributed by atoms with Gasteiger partial charge in [0, 0.05) is 33.5 Å². The molecule has 0 saturated heterocycles. The monoisotopic (exact) mass is 694 g/mol. The van der Waals surface area contributed by atoms with Crippen LogP contribution in [0.2, 0.25) is 0 Å². The van der Waals surface area contributed by atoms with E-state index in [1.807, 2.05) is 0 Å². The van der Waals surface area contributed by atoms with Crippen molar-refractivity contribution in [2.24, 2.45) is 0 Å². The Morgan fingerprint density at radius 1 is 0.377 bits per heavy atom. The predicted octanol–water partition coefficient (Wildman–Crippen LogP) is 11.0. The molecule has 0 radical (unpaired) electrons. The Kier molecular flexibility index (Phi) is 8.61. The van der Waals surface area contributed by atoms with Gasteiger partial charge in [-0.25, -0.2) is 0 Å². The zero-order chi connectivity index (χ0) is 35.5. The van der Waals surface area contributed by atoms with Crippen LogP contribution < -0.4 is 20.5 Å². The van der Waals surface area contributed by atoms with Crippen molar-refractivity contribution in [1.82, 2.24) is 4.57 Å². The van der Waals surface area contributed by atoms with Gasteiger partial charge in [-0.2, -0.15) is 0 Å². The largest absolute Gasteiger partial charge is 0.310 e. The molecule has 9 rings (SSSR count). The van der Waals surface area contributed by atoms with E-state index in [1.165, 1.54) is 42.9 Å². The number of rotatable bonds is 9. The lowest BCUT2D eigenvalue weighted by molar-refractivity contribution is 1.18. The number of hydrogen-bond donors (Lipinski definition) is 0. The van der Waals surface area contributed by atoms with Crippen LogP contribution in [0.25, 0.3) is 33.6 Å². The smallest absolute Gasteiger partial charge is 0.172 e. The number of nitrogens with zero attached hydrogens (tertiary/aromatic N) is 2. The van der Waals surface area contributed by atoms with Crippen molar-refractivity contribution in [3.63, 3.8) is 0 Å². The fourth-order valence-corrected chi connectivity index (χ4v) is 12.0. The summed E-state index contributed by atoms with van der Waals surface area (Å²) in [4.78, 5) is 2.34. The normalized spacial score (nSPS) is 11.7. The molecule has 0 bridgehead atoms. The molecule has 2 nitrogen and oxygen atoms in total. The Hall–Kier alpha value is -6.68. The van der Waals surface area contributed by atoms with Gasteiger partial charge in [-0.15, -0.1) is 0 Å². The van der Waals surface area contributed by atoms with Gasteiger partial charge in [0.2, 0.25) is 0 Å². The summed E-state index contributed by atoms with van der Waals surface area (Å²) in [6.07, 6.45) is 2.37. The molecule has 8 aromatic carbocycles. The minimum atomic E-state index is -2.57. The van der Waals surface area contributed by atoms with Crippen LogP contribution in [0.1, 0.15) is 5.56 Å². The van der Waals surface area contributed by atoms with E-state index in [9.17, 15) is 0 Å². The topological polar surface area (TPSA) is 8.17 Å². The van der Waals surface area contributed by atoms with Crippen molar-refractivity contribution in [2.45, 2.75) is 0 Å². The van der Waals surface area contributed by atoms with Crippen molar-refractivity contribution in [1.29, 1.82) is 0 Å². The minimum Gasteiger partial charge on any atom is -0.310 e. The summed E-state index contributed by atoms with van der Waals surface area (Å²) in [5.41, 5.74) is 10.6. The minimum absolute atomic E-state index is 1.12. The second kappa shape index (κ2) is 14.1. The molecular weight excluding hydrogens is 657 g/mol. The molecule has 0 aliphatic carbocycles. The predicted molar refractivity (Wildman–Crippen MR) is 228 cm³/mol. The lowest BCUT2D eigenvalue weighted by atomic mass is 10.1. The summed E-state index contributed by atoms with van der Waals surface area (Å²) >= 11 is 0. The number of aromatic nitrogens is 1. The van der Waals surface area contributed by atoms with Gasteiger partial charge in [-0.1, -0.05) is 163 Å². The van der Waals surface area contributed by atoms with E-state index in [4.69, 9.17) is 0 Å². The van der Waals surface area contributed by atoms with E-state index in [2.05, 4.69) is 240 Å². The molecule has 0 fully saturated rings. The third-order valence-electron chi connectivity index (χ3n) is 10.3. The molecule has 0 aliphatic rings. The SMILES string of the molecule is C(=C\[Si](c1ccccc1)(c1ccccc1)c1ccccc1)/c1ccc2c(c1)c1cc(N(c3ccccc3)c3ccccc3)ccc1n2-c1ccccc1. The summed E-state index contributed by atoms with van der Waals surface area (Å²) in [5, 5.41) is 6.53.